The molecule has 2 aliphatic heterocycles. The Balaban J connectivity index is 1.62. The predicted molar refractivity (Wildman–Crippen MR) is 116 cm³/mol. The lowest BCUT2D eigenvalue weighted by molar-refractivity contribution is 0.0498. The summed E-state index contributed by atoms with van der Waals surface area (Å²) in [6.45, 7) is 2.91. The molecule has 2 bridgehead atoms. The fraction of sp³-hybridized carbons (Fsp3) is 0.478. The fourth-order valence-electron chi connectivity index (χ4n) is 4.90. The van der Waals surface area contributed by atoms with Gasteiger partial charge in [0.1, 0.15) is 12.4 Å². The van der Waals surface area contributed by atoms with Gasteiger partial charge in [-0.2, -0.15) is 0 Å². The molecule has 0 aliphatic carbocycles. The number of rotatable bonds is 6. The van der Waals surface area contributed by atoms with Crippen molar-refractivity contribution in [3.8, 4) is 5.75 Å². The van der Waals surface area contributed by atoms with Crippen LogP contribution < -0.4 is 16.0 Å². The minimum absolute atomic E-state index is 0.0122. The van der Waals surface area contributed by atoms with Crippen molar-refractivity contribution in [3.63, 3.8) is 0 Å². The van der Waals surface area contributed by atoms with Gasteiger partial charge in [0.15, 0.2) is 0 Å². The van der Waals surface area contributed by atoms with E-state index in [0.29, 0.717) is 37.6 Å². The van der Waals surface area contributed by atoms with E-state index in [0.717, 1.165) is 18.7 Å². The third-order valence-electron chi connectivity index (χ3n) is 6.11. The normalized spacial score (nSPS) is 22.7. The number of hydrogen-bond acceptors (Lipinski definition) is 5. The zero-order valence-corrected chi connectivity index (χ0v) is 17.7. The van der Waals surface area contributed by atoms with Gasteiger partial charge >= 0.3 is 0 Å². The first-order valence-electron chi connectivity index (χ1n) is 10.6. The number of aromatic nitrogens is 1. The van der Waals surface area contributed by atoms with Gasteiger partial charge in [0, 0.05) is 49.4 Å². The molecule has 0 unspecified atom stereocenters. The maximum atomic E-state index is 13.3. The van der Waals surface area contributed by atoms with Crippen molar-refractivity contribution < 1.29 is 9.53 Å². The molecule has 2 N–H and O–H groups in total. The van der Waals surface area contributed by atoms with Gasteiger partial charge in [0.25, 0.3) is 11.5 Å². The molecule has 30 heavy (non-hydrogen) atoms. The number of nitrogens with two attached hydrogens (primary N) is 1. The van der Waals surface area contributed by atoms with Crippen LogP contribution in [-0.4, -0.2) is 67.2 Å². The molecule has 1 saturated heterocycles. The quantitative estimate of drug-likeness (QED) is 0.782. The summed E-state index contributed by atoms with van der Waals surface area (Å²) in [5, 5.41) is 0. The van der Waals surface area contributed by atoms with Crippen LogP contribution in [0.15, 0.2) is 47.3 Å². The van der Waals surface area contributed by atoms with E-state index in [9.17, 15) is 9.59 Å². The first-order chi connectivity index (χ1) is 14.5. The topological polar surface area (TPSA) is 80.8 Å². The monoisotopic (exact) mass is 410 g/mol. The smallest absolute Gasteiger partial charge is 0.254 e. The highest BCUT2D eigenvalue weighted by atomic mass is 16.5. The third kappa shape index (κ3) is 4.00. The Labute approximate surface area is 177 Å². The average molecular weight is 411 g/mol. The van der Waals surface area contributed by atoms with Gasteiger partial charge in [-0.1, -0.05) is 12.1 Å². The van der Waals surface area contributed by atoms with Crippen LogP contribution in [0.25, 0.3) is 0 Å². The van der Waals surface area contributed by atoms with E-state index in [2.05, 4.69) is 4.90 Å². The maximum absolute atomic E-state index is 13.3. The second-order valence-corrected chi connectivity index (χ2v) is 8.56. The minimum Gasteiger partial charge on any atom is -0.492 e. The number of fused-ring (bicyclic) bond motifs is 4. The molecular weight excluding hydrogens is 380 g/mol. The van der Waals surface area contributed by atoms with Crippen LogP contribution >= 0.6 is 0 Å². The van der Waals surface area contributed by atoms with E-state index in [1.54, 1.807) is 12.1 Å². The lowest BCUT2D eigenvalue weighted by Gasteiger charge is -2.47. The van der Waals surface area contributed by atoms with Gasteiger partial charge in [0.2, 0.25) is 0 Å². The zero-order valence-electron chi connectivity index (χ0n) is 17.7. The number of pyridine rings is 1. The highest BCUT2D eigenvalue weighted by Crippen LogP contribution is 2.41. The molecule has 7 heteroatoms. The van der Waals surface area contributed by atoms with Gasteiger partial charge < -0.3 is 24.8 Å². The minimum atomic E-state index is 0.0122. The highest BCUT2D eigenvalue weighted by Gasteiger charge is 2.42. The molecule has 160 valence electrons. The van der Waals surface area contributed by atoms with Gasteiger partial charge in [0.05, 0.1) is 6.04 Å². The Morgan fingerprint density at radius 3 is 2.77 bits per heavy atom. The van der Waals surface area contributed by atoms with Crippen LogP contribution in [0, 0.1) is 5.92 Å². The Morgan fingerprint density at radius 1 is 1.20 bits per heavy atom. The number of ether oxygens (including phenoxy) is 1. The predicted octanol–water partition coefficient (Wildman–Crippen LogP) is 1.55. The van der Waals surface area contributed by atoms with Crippen molar-refractivity contribution in [2.75, 3.05) is 46.9 Å². The van der Waals surface area contributed by atoms with Gasteiger partial charge in [-0.25, -0.2) is 0 Å². The van der Waals surface area contributed by atoms with Gasteiger partial charge in [-0.3, -0.25) is 9.59 Å². The summed E-state index contributed by atoms with van der Waals surface area (Å²) in [6.07, 6.45) is 1.01. The lowest BCUT2D eigenvalue weighted by Crippen LogP contribution is -2.52. The number of carbonyl (C=O) groups excluding carboxylic acids is 1. The van der Waals surface area contributed by atoms with Crippen LogP contribution in [0.1, 0.15) is 34.4 Å². The van der Waals surface area contributed by atoms with Crippen molar-refractivity contribution in [3.05, 3.63) is 64.1 Å². The van der Waals surface area contributed by atoms with Gasteiger partial charge in [-0.15, -0.1) is 0 Å². The van der Waals surface area contributed by atoms with Crippen molar-refractivity contribution in [2.24, 2.45) is 11.7 Å². The van der Waals surface area contributed by atoms with E-state index < -0.39 is 0 Å². The number of piperidine rings is 1. The average Bonchev–Trinajstić information content (AvgIpc) is 2.74. The Kier molecular flexibility index (Phi) is 5.92. The molecule has 2 aromatic rings. The van der Waals surface area contributed by atoms with E-state index >= 15 is 0 Å². The van der Waals surface area contributed by atoms with E-state index in [1.165, 1.54) is 0 Å². The summed E-state index contributed by atoms with van der Waals surface area (Å²) in [4.78, 5) is 30.1. The highest BCUT2D eigenvalue weighted by molar-refractivity contribution is 5.94. The molecule has 4 rings (SSSR count). The molecule has 1 fully saturated rings. The van der Waals surface area contributed by atoms with Crippen LogP contribution in [-0.2, 0) is 0 Å². The fourth-order valence-corrected chi connectivity index (χ4v) is 4.90. The third-order valence-corrected chi connectivity index (χ3v) is 6.11. The number of carbonyl (C=O) groups is 1. The maximum Gasteiger partial charge on any atom is 0.254 e. The molecular formula is C23H30N4O3. The summed E-state index contributed by atoms with van der Waals surface area (Å²) in [6, 6.07) is 12.9. The molecule has 1 aromatic carbocycles. The lowest BCUT2D eigenvalue weighted by atomic mass is 9.78. The Morgan fingerprint density at radius 2 is 2.00 bits per heavy atom. The molecule has 3 heterocycles. The van der Waals surface area contributed by atoms with Crippen LogP contribution in [0.4, 0.5) is 0 Å². The summed E-state index contributed by atoms with van der Waals surface area (Å²) >= 11 is 0. The molecule has 7 nitrogen and oxygen atoms in total. The number of likely N-dealkylation sites (N-methyl/N-ethyl adjacent to an activating group) is 1. The number of benzene rings is 1. The molecule has 1 amide bonds. The molecule has 0 spiro atoms. The van der Waals surface area contributed by atoms with E-state index in [1.807, 2.05) is 53.9 Å². The number of likely N-dealkylation sites (tertiary alicyclic amines) is 1. The van der Waals surface area contributed by atoms with Crippen LogP contribution in [0.3, 0.4) is 0 Å². The number of amides is 1. The van der Waals surface area contributed by atoms with Crippen molar-refractivity contribution in [1.82, 2.24) is 14.4 Å². The SMILES string of the molecule is CN(C)C[C@H]1[C@H]2C[C@H](CN(C(=O)c3cccc(OCCN)c3)C2)c2cccc(=O)n21. The second kappa shape index (κ2) is 8.62. The van der Waals surface area contributed by atoms with E-state index in [-0.39, 0.29) is 29.3 Å². The summed E-state index contributed by atoms with van der Waals surface area (Å²) < 4.78 is 7.56. The van der Waals surface area contributed by atoms with Crippen LogP contribution in [0.5, 0.6) is 5.75 Å². The Hall–Kier alpha value is -2.64. The Bertz CT molecular complexity index is 971. The van der Waals surface area contributed by atoms with E-state index in [4.69, 9.17) is 10.5 Å². The molecule has 0 radical (unpaired) electrons. The van der Waals surface area contributed by atoms with Crippen molar-refractivity contribution in [1.29, 1.82) is 0 Å². The standard InChI is InChI=1S/C23H30N4O3/c1-25(2)15-21-18-11-17(20-7-4-8-22(28)27(20)21)13-26(14-18)23(29)16-5-3-6-19(12-16)30-10-9-24/h3-8,12,17-18,21H,9-11,13-15,24H2,1-2H3/t17-,18+,21+/m1/s1. The summed E-state index contributed by atoms with van der Waals surface area (Å²) in [5.74, 6) is 1.10. The zero-order chi connectivity index (χ0) is 21.3. The molecule has 1 aromatic heterocycles. The molecule has 2 aliphatic rings. The van der Waals surface area contributed by atoms with Crippen molar-refractivity contribution in [2.45, 2.75) is 18.4 Å². The largest absolute Gasteiger partial charge is 0.492 e. The van der Waals surface area contributed by atoms with Crippen molar-refractivity contribution >= 4 is 5.91 Å². The van der Waals surface area contributed by atoms with Crippen LogP contribution in [0.2, 0.25) is 0 Å². The first kappa shape index (κ1) is 20.6. The van der Waals surface area contributed by atoms with Gasteiger partial charge in [-0.05, 0) is 50.7 Å². The summed E-state index contributed by atoms with van der Waals surface area (Å²) in [7, 11) is 4.05. The summed E-state index contributed by atoms with van der Waals surface area (Å²) in [5.41, 5.74) is 7.24. The molecule has 0 saturated carbocycles. The first-order valence-corrected chi connectivity index (χ1v) is 10.6. The number of hydrogen-bond donors (Lipinski definition) is 1. The number of nitrogens with zero attached hydrogens (tertiary/aromatic N) is 3. The molecule has 3 atom stereocenters. The second-order valence-electron chi connectivity index (χ2n) is 8.56.